The Morgan fingerprint density at radius 1 is 1.10 bits per heavy atom. The zero-order chi connectivity index (χ0) is 29.2. The molecule has 2 aromatic heterocycles. The van der Waals surface area contributed by atoms with Gasteiger partial charge in [-0.3, -0.25) is 14.4 Å². The van der Waals surface area contributed by atoms with Crippen LogP contribution in [0.4, 0.5) is 0 Å². The van der Waals surface area contributed by atoms with Gasteiger partial charge in [0, 0.05) is 28.6 Å². The van der Waals surface area contributed by atoms with Crippen LogP contribution < -0.4 is 15.0 Å². The van der Waals surface area contributed by atoms with E-state index in [9.17, 15) is 22.8 Å². The second kappa shape index (κ2) is 11.6. The van der Waals surface area contributed by atoms with E-state index in [4.69, 9.17) is 4.74 Å². The number of ether oxygens (including phenoxy) is 1. The van der Waals surface area contributed by atoms with Crippen LogP contribution in [0.5, 0.6) is 5.75 Å². The highest BCUT2D eigenvalue weighted by Gasteiger charge is 2.48. The third-order valence-electron chi connectivity index (χ3n) is 7.48. The normalized spacial score (nSPS) is 14.9. The minimum Gasteiger partial charge on any atom is -0.492 e. The van der Waals surface area contributed by atoms with Crippen LogP contribution in [0, 0.1) is 5.41 Å². The van der Waals surface area contributed by atoms with Gasteiger partial charge in [-0.05, 0) is 73.9 Å². The number of Topliss-reactive ketones (excluding diaryl/α,β-unsaturated/α-hetero) is 1. The number of para-hydroxylation sites is 1. The van der Waals surface area contributed by atoms with Crippen LogP contribution in [0.3, 0.4) is 0 Å². The summed E-state index contributed by atoms with van der Waals surface area (Å²) in [4.78, 5) is 43.1. The lowest BCUT2D eigenvalue weighted by molar-refractivity contribution is -0.133. The summed E-state index contributed by atoms with van der Waals surface area (Å²) >= 11 is 1.51. The Kier molecular flexibility index (Phi) is 8.12. The van der Waals surface area contributed by atoms with Gasteiger partial charge in [0.2, 0.25) is 21.5 Å². The maximum atomic E-state index is 14.1. The van der Waals surface area contributed by atoms with E-state index in [1.807, 2.05) is 24.4 Å². The number of pyridine rings is 1. The molecule has 0 aliphatic heterocycles. The second-order valence-electron chi connectivity index (χ2n) is 10.2. The number of aromatic amines is 1. The molecule has 1 amide bonds. The molecule has 0 unspecified atom stereocenters. The highest BCUT2D eigenvalue weighted by Crippen LogP contribution is 2.47. The number of hydrogen-bond acceptors (Lipinski definition) is 7. The molecular weight excluding hydrogens is 562 g/mol. The molecule has 1 saturated carbocycles. The van der Waals surface area contributed by atoms with Crippen LogP contribution >= 0.6 is 11.3 Å². The number of nitrogens with zero attached hydrogens (tertiary/aromatic N) is 1. The quantitative estimate of drug-likeness (QED) is 0.251. The van der Waals surface area contributed by atoms with Gasteiger partial charge in [-0.25, -0.2) is 8.42 Å². The topological polar surface area (TPSA) is 126 Å². The van der Waals surface area contributed by atoms with E-state index in [-0.39, 0.29) is 22.8 Å². The van der Waals surface area contributed by atoms with E-state index in [1.165, 1.54) is 35.6 Å². The lowest BCUT2D eigenvalue weighted by Gasteiger charge is -2.28. The Hall–Kier alpha value is -3.80. The van der Waals surface area contributed by atoms with Crippen LogP contribution in [0.25, 0.3) is 10.9 Å². The van der Waals surface area contributed by atoms with Crippen molar-refractivity contribution in [1.29, 1.82) is 0 Å². The van der Waals surface area contributed by atoms with Crippen molar-refractivity contribution in [3.8, 4) is 5.75 Å². The standard InChI is InChI=1S/C30H31N3O6S2/c1-3-33(18-22-7-6-16-40-22)29(36)28(24-8-4-5-9-26(24)39-19-30(14-15-30)20(2)34)32-41(37,38)23-11-12-25-21(17-23)10-13-27(35)31-25/h4-13,16-17,28,32H,3,14-15,18-19H2,1-2H3,(H,31,35)/t28-/m0/s1. The smallest absolute Gasteiger partial charge is 0.248 e. The minimum absolute atomic E-state index is 0.0501. The summed E-state index contributed by atoms with van der Waals surface area (Å²) in [6.45, 7) is 4.22. The number of sulfonamides is 1. The van der Waals surface area contributed by atoms with Crippen molar-refractivity contribution in [3.05, 3.63) is 92.9 Å². The largest absolute Gasteiger partial charge is 0.492 e. The van der Waals surface area contributed by atoms with Crippen LogP contribution in [0.2, 0.25) is 0 Å². The van der Waals surface area contributed by atoms with E-state index in [0.29, 0.717) is 35.3 Å². The van der Waals surface area contributed by atoms with Gasteiger partial charge < -0.3 is 14.6 Å². The van der Waals surface area contributed by atoms with Crippen molar-refractivity contribution in [3.63, 3.8) is 0 Å². The molecule has 1 atom stereocenters. The number of fused-ring (bicyclic) bond motifs is 1. The van der Waals surface area contributed by atoms with Gasteiger partial charge in [-0.15, -0.1) is 11.3 Å². The highest BCUT2D eigenvalue weighted by molar-refractivity contribution is 7.89. The molecule has 4 aromatic rings. The van der Waals surface area contributed by atoms with Gasteiger partial charge in [0.25, 0.3) is 0 Å². The van der Waals surface area contributed by atoms with E-state index in [1.54, 1.807) is 42.2 Å². The van der Waals surface area contributed by atoms with Crippen molar-refractivity contribution >= 4 is 44.0 Å². The summed E-state index contributed by atoms with van der Waals surface area (Å²) in [7, 11) is -4.22. The zero-order valence-corrected chi connectivity index (χ0v) is 24.4. The molecule has 214 valence electrons. The third kappa shape index (κ3) is 6.27. The number of aromatic nitrogens is 1. The van der Waals surface area contributed by atoms with Crippen molar-refractivity contribution in [1.82, 2.24) is 14.6 Å². The van der Waals surface area contributed by atoms with Gasteiger partial charge in [-0.2, -0.15) is 4.72 Å². The fourth-order valence-corrected chi connectivity index (χ4v) is 6.63. The molecule has 2 N–H and O–H groups in total. The molecule has 2 heterocycles. The molecular formula is C30H31N3O6S2. The number of carbonyl (C=O) groups is 2. The predicted molar refractivity (Wildman–Crippen MR) is 157 cm³/mol. The van der Waals surface area contributed by atoms with Crippen LogP contribution in [0.1, 0.15) is 43.2 Å². The molecule has 1 aliphatic carbocycles. The average Bonchev–Trinajstić information content (AvgIpc) is 3.59. The first kappa shape index (κ1) is 28.7. The van der Waals surface area contributed by atoms with Crippen molar-refractivity contribution in [2.75, 3.05) is 13.2 Å². The number of ketones is 1. The SMILES string of the molecule is CCN(Cc1cccs1)C(=O)[C@@H](NS(=O)(=O)c1ccc2[nH]c(=O)ccc2c1)c1ccccc1OCC1(C(C)=O)CC1. The second-order valence-corrected chi connectivity index (χ2v) is 13.0. The van der Waals surface area contributed by atoms with E-state index in [0.717, 1.165) is 17.7 Å². The van der Waals surface area contributed by atoms with Crippen molar-refractivity contribution in [2.45, 2.75) is 44.2 Å². The zero-order valence-electron chi connectivity index (χ0n) is 22.8. The lowest BCUT2D eigenvalue weighted by atomic mass is 10.0. The van der Waals surface area contributed by atoms with Crippen molar-refractivity contribution in [2.24, 2.45) is 5.41 Å². The fraction of sp³-hybridized carbons (Fsp3) is 0.300. The number of rotatable bonds is 12. The number of amides is 1. The van der Waals surface area contributed by atoms with Crippen molar-refractivity contribution < 1.29 is 22.7 Å². The number of carbonyl (C=O) groups excluding carboxylic acids is 2. The molecule has 0 radical (unpaired) electrons. The average molecular weight is 594 g/mol. The van der Waals surface area contributed by atoms with Crippen LogP contribution in [0.15, 0.2) is 81.8 Å². The Morgan fingerprint density at radius 2 is 1.88 bits per heavy atom. The highest BCUT2D eigenvalue weighted by atomic mass is 32.2. The van der Waals surface area contributed by atoms with E-state index < -0.39 is 27.4 Å². The molecule has 9 nitrogen and oxygen atoms in total. The summed E-state index contributed by atoms with van der Waals surface area (Å²) in [5.74, 6) is -0.0447. The molecule has 0 spiro atoms. The van der Waals surface area contributed by atoms with E-state index >= 15 is 0 Å². The fourth-order valence-electron chi connectivity index (χ4n) is 4.70. The monoisotopic (exact) mass is 593 g/mol. The molecule has 41 heavy (non-hydrogen) atoms. The molecule has 11 heteroatoms. The number of H-pyrrole nitrogens is 1. The Morgan fingerprint density at radius 3 is 2.56 bits per heavy atom. The summed E-state index contributed by atoms with van der Waals surface area (Å²) in [6, 6.07) is 16.6. The predicted octanol–water partition coefficient (Wildman–Crippen LogP) is 4.41. The Bertz CT molecular complexity index is 1740. The molecule has 0 bridgehead atoms. The molecule has 1 aliphatic rings. The molecule has 2 aromatic carbocycles. The molecule has 5 rings (SSSR count). The first-order valence-corrected chi connectivity index (χ1v) is 15.7. The third-order valence-corrected chi connectivity index (χ3v) is 9.76. The number of hydrogen-bond donors (Lipinski definition) is 2. The molecule has 1 fully saturated rings. The van der Waals surface area contributed by atoms with Gasteiger partial charge in [0.05, 0.1) is 16.9 Å². The van der Waals surface area contributed by atoms with Crippen LogP contribution in [-0.4, -0.2) is 43.1 Å². The summed E-state index contributed by atoms with van der Waals surface area (Å²) in [5.41, 5.74) is 0.0227. The van der Waals surface area contributed by atoms with Gasteiger partial charge >= 0.3 is 0 Å². The summed E-state index contributed by atoms with van der Waals surface area (Å²) in [6.07, 6.45) is 1.47. The first-order valence-electron chi connectivity index (χ1n) is 13.3. The first-order chi connectivity index (χ1) is 19.6. The minimum atomic E-state index is -4.22. The Labute approximate surface area is 242 Å². The van der Waals surface area contributed by atoms with Gasteiger partial charge in [0.1, 0.15) is 24.2 Å². The number of thiophene rings is 1. The van der Waals surface area contributed by atoms with Gasteiger partial charge in [0.15, 0.2) is 0 Å². The number of likely N-dealkylation sites (N-methyl/N-ethyl adjacent to an activating group) is 1. The number of nitrogens with one attached hydrogen (secondary N) is 2. The Balaban J connectivity index is 1.52. The summed E-state index contributed by atoms with van der Waals surface area (Å²) in [5, 5.41) is 2.46. The maximum Gasteiger partial charge on any atom is 0.248 e. The van der Waals surface area contributed by atoms with E-state index in [2.05, 4.69) is 9.71 Å². The summed E-state index contributed by atoms with van der Waals surface area (Å²) < 4.78 is 36.2. The molecule has 0 saturated heterocycles. The van der Waals surface area contributed by atoms with Crippen LogP contribution in [-0.2, 0) is 26.2 Å². The lowest BCUT2D eigenvalue weighted by Crippen LogP contribution is -2.42. The van der Waals surface area contributed by atoms with Gasteiger partial charge in [-0.1, -0.05) is 24.3 Å². The number of benzene rings is 2. The maximum absolute atomic E-state index is 14.1.